The molecule has 0 aromatic heterocycles. The van der Waals surface area contributed by atoms with Gasteiger partial charge in [-0.3, -0.25) is 4.79 Å². The molecular weight excluding hydrogens is 301 g/mol. The molecule has 0 aliphatic heterocycles. The molecule has 3 heteroatoms. The molecule has 1 N–H and O–H groups in total. The van der Waals surface area contributed by atoms with Gasteiger partial charge < -0.3 is 5.32 Å². The third kappa shape index (κ3) is 2.83. The second kappa shape index (κ2) is 6.39. The van der Waals surface area contributed by atoms with Crippen LogP contribution in [-0.2, 0) is 0 Å². The Labute approximate surface area is 143 Å². The summed E-state index contributed by atoms with van der Waals surface area (Å²) in [5.74, 6) is 0.496. The molecule has 1 aliphatic carbocycles. The first kappa shape index (κ1) is 16.7. The summed E-state index contributed by atoms with van der Waals surface area (Å²) in [7, 11) is 0. The van der Waals surface area contributed by atoms with Gasteiger partial charge in [-0.15, -0.1) is 0 Å². The van der Waals surface area contributed by atoms with Crippen LogP contribution in [0.2, 0.25) is 0 Å². The van der Waals surface area contributed by atoms with Crippen LogP contribution >= 0.6 is 0 Å². The molecule has 0 radical (unpaired) electrons. The highest BCUT2D eigenvalue weighted by atomic mass is 19.1. The zero-order valence-electron chi connectivity index (χ0n) is 14.6. The molecule has 2 aromatic rings. The molecule has 24 heavy (non-hydrogen) atoms. The van der Waals surface area contributed by atoms with E-state index in [9.17, 15) is 9.18 Å². The summed E-state index contributed by atoms with van der Waals surface area (Å²) in [5.41, 5.74) is 4.57. The van der Waals surface area contributed by atoms with Crippen molar-refractivity contribution in [2.75, 3.05) is 0 Å². The third-order valence-corrected chi connectivity index (χ3v) is 5.60. The van der Waals surface area contributed by atoms with Crippen molar-refractivity contribution in [3.8, 4) is 0 Å². The van der Waals surface area contributed by atoms with E-state index >= 15 is 0 Å². The molecule has 0 spiro atoms. The van der Waals surface area contributed by atoms with Gasteiger partial charge in [-0.05, 0) is 59.7 Å². The second-order valence-electron chi connectivity index (χ2n) is 7.02. The number of carbonyl (C=O) groups excluding carboxylic acids is 1. The minimum absolute atomic E-state index is 0.0619. The maximum Gasteiger partial charge on any atom is 0.251 e. The number of benzene rings is 2. The molecule has 1 aliphatic rings. The van der Waals surface area contributed by atoms with Gasteiger partial charge in [-0.1, -0.05) is 39.0 Å². The van der Waals surface area contributed by atoms with Gasteiger partial charge in [0.15, 0.2) is 0 Å². The molecule has 2 nitrogen and oxygen atoms in total. The van der Waals surface area contributed by atoms with Gasteiger partial charge in [0.2, 0.25) is 0 Å². The smallest absolute Gasteiger partial charge is 0.251 e. The summed E-state index contributed by atoms with van der Waals surface area (Å²) < 4.78 is 13.1. The lowest BCUT2D eigenvalue weighted by molar-refractivity contribution is 0.0907. The van der Waals surface area contributed by atoms with Crippen molar-refractivity contribution in [2.24, 2.45) is 5.92 Å². The molecular formula is C21H24FNO. The van der Waals surface area contributed by atoms with E-state index in [1.807, 2.05) is 0 Å². The fraction of sp³-hybridized carbons (Fsp3) is 0.381. The van der Waals surface area contributed by atoms with Gasteiger partial charge in [-0.2, -0.15) is 0 Å². The van der Waals surface area contributed by atoms with Crippen LogP contribution < -0.4 is 5.32 Å². The topological polar surface area (TPSA) is 29.1 Å². The second-order valence-corrected chi connectivity index (χ2v) is 7.02. The SMILES string of the molecule is Cc1cccc2c1C(C)C(C)C(NC(=O)c1ccc(F)cc1)C2C. The van der Waals surface area contributed by atoms with Crippen LogP contribution in [0.3, 0.4) is 0 Å². The summed E-state index contributed by atoms with van der Waals surface area (Å²) in [6.07, 6.45) is 0. The maximum absolute atomic E-state index is 13.1. The number of rotatable bonds is 2. The lowest BCUT2D eigenvalue weighted by Crippen LogP contribution is -2.47. The number of fused-ring (bicyclic) bond motifs is 1. The van der Waals surface area contributed by atoms with E-state index in [0.717, 1.165) is 0 Å². The van der Waals surface area contributed by atoms with E-state index in [1.165, 1.54) is 41.0 Å². The first-order valence-corrected chi connectivity index (χ1v) is 8.56. The van der Waals surface area contributed by atoms with Crippen LogP contribution in [0.15, 0.2) is 42.5 Å². The van der Waals surface area contributed by atoms with Crippen molar-refractivity contribution in [1.29, 1.82) is 0 Å². The van der Waals surface area contributed by atoms with Crippen LogP contribution in [0.5, 0.6) is 0 Å². The minimum Gasteiger partial charge on any atom is -0.348 e. The van der Waals surface area contributed by atoms with E-state index in [1.54, 1.807) is 0 Å². The van der Waals surface area contributed by atoms with Gasteiger partial charge in [0, 0.05) is 17.5 Å². The number of nitrogens with one attached hydrogen (secondary N) is 1. The van der Waals surface area contributed by atoms with Crippen LogP contribution in [0, 0.1) is 18.7 Å². The summed E-state index contributed by atoms with van der Waals surface area (Å²) in [6, 6.07) is 12.2. The highest BCUT2D eigenvalue weighted by molar-refractivity contribution is 5.94. The Morgan fingerprint density at radius 1 is 1.00 bits per heavy atom. The number of halogens is 1. The van der Waals surface area contributed by atoms with E-state index in [-0.39, 0.29) is 23.7 Å². The molecule has 0 bridgehead atoms. The van der Waals surface area contributed by atoms with Crippen LogP contribution in [-0.4, -0.2) is 11.9 Å². The Balaban J connectivity index is 1.88. The molecule has 4 unspecified atom stereocenters. The highest BCUT2D eigenvalue weighted by Gasteiger charge is 2.37. The minimum atomic E-state index is -0.330. The normalized spacial score (nSPS) is 25.9. The fourth-order valence-electron chi connectivity index (χ4n) is 4.04. The molecule has 0 saturated carbocycles. The summed E-state index contributed by atoms with van der Waals surface area (Å²) >= 11 is 0. The van der Waals surface area contributed by atoms with Gasteiger partial charge in [0.05, 0.1) is 0 Å². The number of aryl methyl sites for hydroxylation is 1. The molecule has 4 atom stereocenters. The van der Waals surface area contributed by atoms with Crippen molar-refractivity contribution in [3.05, 3.63) is 70.5 Å². The van der Waals surface area contributed by atoms with Crippen molar-refractivity contribution in [2.45, 2.75) is 45.6 Å². The van der Waals surface area contributed by atoms with Crippen molar-refractivity contribution >= 4 is 5.91 Å². The lowest BCUT2D eigenvalue weighted by atomic mass is 9.68. The number of hydrogen-bond acceptors (Lipinski definition) is 1. The quantitative estimate of drug-likeness (QED) is 0.845. The average Bonchev–Trinajstić information content (AvgIpc) is 2.57. The first-order chi connectivity index (χ1) is 11.4. The van der Waals surface area contributed by atoms with Crippen LogP contribution in [0.1, 0.15) is 59.7 Å². The molecule has 1 amide bonds. The van der Waals surface area contributed by atoms with Gasteiger partial charge in [-0.25, -0.2) is 4.39 Å². The Bertz CT molecular complexity index is 753. The van der Waals surface area contributed by atoms with Gasteiger partial charge in [0.25, 0.3) is 5.91 Å². The zero-order valence-corrected chi connectivity index (χ0v) is 14.6. The Hall–Kier alpha value is -2.16. The number of hydrogen-bond donors (Lipinski definition) is 1. The van der Waals surface area contributed by atoms with Gasteiger partial charge >= 0.3 is 0 Å². The largest absolute Gasteiger partial charge is 0.348 e. The monoisotopic (exact) mass is 325 g/mol. The van der Waals surface area contributed by atoms with Crippen LogP contribution in [0.4, 0.5) is 4.39 Å². The predicted octanol–water partition coefficient (Wildman–Crippen LogP) is 4.79. The number of amides is 1. The van der Waals surface area contributed by atoms with Crippen LogP contribution in [0.25, 0.3) is 0 Å². The Morgan fingerprint density at radius 2 is 1.67 bits per heavy atom. The number of carbonyl (C=O) groups is 1. The Morgan fingerprint density at radius 3 is 2.33 bits per heavy atom. The first-order valence-electron chi connectivity index (χ1n) is 8.56. The molecule has 0 fully saturated rings. The summed E-state index contributed by atoms with van der Waals surface area (Å²) in [4.78, 5) is 12.6. The molecule has 3 rings (SSSR count). The standard InChI is InChI=1S/C21H24FNO/c1-12-6-5-7-18-15(4)20(14(3)13(2)19(12)18)23-21(24)16-8-10-17(22)11-9-16/h5-11,13-15,20H,1-4H3,(H,23,24). The lowest BCUT2D eigenvalue weighted by Gasteiger charge is -2.41. The van der Waals surface area contributed by atoms with E-state index in [2.05, 4.69) is 51.2 Å². The highest BCUT2D eigenvalue weighted by Crippen LogP contribution is 2.43. The van der Waals surface area contributed by atoms with E-state index in [0.29, 0.717) is 17.4 Å². The molecule has 0 saturated heterocycles. The van der Waals surface area contributed by atoms with Crippen molar-refractivity contribution < 1.29 is 9.18 Å². The molecule has 0 heterocycles. The third-order valence-electron chi connectivity index (χ3n) is 5.60. The molecule has 126 valence electrons. The summed E-state index contributed by atoms with van der Waals surface area (Å²) in [6.45, 7) is 8.77. The maximum atomic E-state index is 13.1. The van der Waals surface area contributed by atoms with Crippen molar-refractivity contribution in [1.82, 2.24) is 5.32 Å². The zero-order chi connectivity index (χ0) is 17.4. The van der Waals surface area contributed by atoms with E-state index < -0.39 is 0 Å². The fourth-order valence-corrected chi connectivity index (χ4v) is 4.04. The summed E-state index contributed by atoms with van der Waals surface area (Å²) in [5, 5.41) is 3.18. The predicted molar refractivity (Wildman–Crippen MR) is 94.8 cm³/mol. The van der Waals surface area contributed by atoms with E-state index in [4.69, 9.17) is 0 Å². The average molecular weight is 325 g/mol. The van der Waals surface area contributed by atoms with Gasteiger partial charge in [0.1, 0.15) is 5.82 Å². The Kier molecular flexibility index (Phi) is 4.44. The molecule has 2 aromatic carbocycles. The van der Waals surface area contributed by atoms with Crippen molar-refractivity contribution in [3.63, 3.8) is 0 Å².